The molecule has 2 aromatic carbocycles. The Balaban J connectivity index is 1.67. The zero-order valence-corrected chi connectivity index (χ0v) is 20.6. The SMILES string of the molecule is COc1ccc(NC(=O)C(CC(O)CO)c2ccc(Cl)cc2)cc1OCCN1CCC(C)CC1. The quantitative estimate of drug-likeness (QED) is 0.442. The van der Waals surface area contributed by atoms with E-state index in [9.17, 15) is 15.0 Å². The maximum atomic E-state index is 13.1. The second-order valence-electron chi connectivity index (χ2n) is 8.90. The summed E-state index contributed by atoms with van der Waals surface area (Å²) in [5.41, 5.74) is 1.26. The number of aliphatic hydroxyl groups is 2. The van der Waals surface area contributed by atoms with Gasteiger partial charge in [-0.05, 0) is 68.1 Å². The number of rotatable bonds is 11. The highest BCUT2D eigenvalue weighted by molar-refractivity contribution is 6.30. The van der Waals surface area contributed by atoms with Gasteiger partial charge in [0, 0.05) is 23.3 Å². The van der Waals surface area contributed by atoms with E-state index >= 15 is 0 Å². The van der Waals surface area contributed by atoms with Crippen LogP contribution in [0.2, 0.25) is 5.02 Å². The second kappa shape index (κ2) is 13.0. The molecule has 186 valence electrons. The highest BCUT2D eigenvalue weighted by Gasteiger charge is 2.24. The number of amides is 1. The average Bonchev–Trinajstić information content (AvgIpc) is 2.84. The minimum absolute atomic E-state index is 0.0813. The van der Waals surface area contributed by atoms with Crippen LogP contribution in [-0.4, -0.2) is 67.1 Å². The summed E-state index contributed by atoms with van der Waals surface area (Å²) in [5.74, 6) is 0.979. The lowest BCUT2D eigenvalue weighted by Crippen LogP contribution is -2.35. The summed E-state index contributed by atoms with van der Waals surface area (Å²) >= 11 is 5.98. The van der Waals surface area contributed by atoms with E-state index in [1.165, 1.54) is 12.8 Å². The first-order chi connectivity index (χ1) is 16.4. The number of likely N-dealkylation sites (tertiary alicyclic amines) is 1. The van der Waals surface area contributed by atoms with Gasteiger partial charge in [-0.1, -0.05) is 30.7 Å². The smallest absolute Gasteiger partial charge is 0.232 e. The molecule has 0 saturated carbocycles. The van der Waals surface area contributed by atoms with E-state index in [0.29, 0.717) is 34.4 Å². The topological polar surface area (TPSA) is 91.3 Å². The van der Waals surface area contributed by atoms with Crippen LogP contribution < -0.4 is 14.8 Å². The Morgan fingerprint density at radius 1 is 1.18 bits per heavy atom. The van der Waals surface area contributed by atoms with Gasteiger partial charge in [-0.2, -0.15) is 0 Å². The fourth-order valence-corrected chi connectivity index (χ4v) is 4.23. The molecule has 1 aliphatic heterocycles. The highest BCUT2D eigenvalue weighted by Crippen LogP contribution is 2.32. The Kier molecular flexibility index (Phi) is 10.0. The summed E-state index contributed by atoms with van der Waals surface area (Å²) < 4.78 is 11.4. The second-order valence-corrected chi connectivity index (χ2v) is 9.34. The number of piperidine rings is 1. The van der Waals surface area contributed by atoms with Crippen LogP contribution in [-0.2, 0) is 4.79 Å². The normalized spacial score (nSPS) is 16.6. The van der Waals surface area contributed by atoms with E-state index in [0.717, 1.165) is 25.6 Å². The van der Waals surface area contributed by atoms with Crippen molar-refractivity contribution in [2.24, 2.45) is 5.92 Å². The number of hydrogen-bond acceptors (Lipinski definition) is 6. The zero-order valence-electron chi connectivity index (χ0n) is 19.9. The molecule has 2 atom stereocenters. The third-order valence-corrected chi connectivity index (χ3v) is 6.53. The van der Waals surface area contributed by atoms with Crippen LogP contribution in [0.1, 0.15) is 37.7 Å². The van der Waals surface area contributed by atoms with Crippen molar-refractivity contribution in [3.05, 3.63) is 53.1 Å². The molecule has 0 radical (unpaired) electrons. The molecule has 1 aliphatic rings. The van der Waals surface area contributed by atoms with Gasteiger partial charge in [0.25, 0.3) is 0 Å². The summed E-state index contributed by atoms with van der Waals surface area (Å²) in [6, 6.07) is 12.2. The van der Waals surface area contributed by atoms with Crippen LogP contribution in [0.25, 0.3) is 0 Å². The highest BCUT2D eigenvalue weighted by atomic mass is 35.5. The van der Waals surface area contributed by atoms with Gasteiger partial charge in [-0.15, -0.1) is 0 Å². The van der Waals surface area contributed by atoms with E-state index < -0.39 is 18.6 Å². The van der Waals surface area contributed by atoms with Crippen molar-refractivity contribution in [3.63, 3.8) is 0 Å². The molecule has 3 N–H and O–H groups in total. The molecule has 0 bridgehead atoms. The van der Waals surface area contributed by atoms with Crippen LogP contribution in [0.5, 0.6) is 11.5 Å². The molecule has 1 fully saturated rings. The van der Waals surface area contributed by atoms with Gasteiger partial charge in [0.05, 0.1) is 25.7 Å². The third kappa shape index (κ3) is 7.60. The summed E-state index contributed by atoms with van der Waals surface area (Å²) in [5, 5.41) is 22.8. The van der Waals surface area contributed by atoms with Gasteiger partial charge < -0.3 is 25.0 Å². The molecule has 2 unspecified atom stereocenters. The Bertz CT molecular complexity index is 916. The van der Waals surface area contributed by atoms with Gasteiger partial charge in [-0.25, -0.2) is 0 Å². The van der Waals surface area contributed by atoms with Crippen LogP contribution in [0, 0.1) is 5.92 Å². The number of halogens is 1. The number of nitrogens with zero attached hydrogens (tertiary/aromatic N) is 1. The average molecular weight is 491 g/mol. The molecule has 0 spiro atoms. The minimum Gasteiger partial charge on any atom is -0.493 e. The molecule has 34 heavy (non-hydrogen) atoms. The predicted octanol–water partition coefficient (Wildman–Crippen LogP) is 3.92. The lowest BCUT2D eigenvalue weighted by Gasteiger charge is -2.30. The third-order valence-electron chi connectivity index (χ3n) is 6.28. The summed E-state index contributed by atoms with van der Waals surface area (Å²) in [7, 11) is 1.58. The predicted molar refractivity (Wildman–Crippen MR) is 134 cm³/mol. The Hall–Kier alpha value is -2.32. The zero-order chi connectivity index (χ0) is 24.5. The maximum absolute atomic E-state index is 13.1. The summed E-state index contributed by atoms with van der Waals surface area (Å²) in [6.45, 7) is 5.41. The Morgan fingerprint density at radius 2 is 1.88 bits per heavy atom. The molecule has 7 nitrogen and oxygen atoms in total. The molecular formula is C26H35ClN2O5. The monoisotopic (exact) mass is 490 g/mol. The van der Waals surface area contributed by atoms with E-state index in [1.54, 1.807) is 49.6 Å². The number of methoxy groups -OCH3 is 1. The van der Waals surface area contributed by atoms with Gasteiger partial charge in [-0.3, -0.25) is 9.69 Å². The number of carbonyl (C=O) groups excluding carboxylic acids is 1. The van der Waals surface area contributed by atoms with Crippen molar-refractivity contribution in [1.82, 2.24) is 4.90 Å². The number of aliphatic hydroxyl groups excluding tert-OH is 2. The van der Waals surface area contributed by atoms with E-state index in [1.807, 2.05) is 0 Å². The number of hydrogen-bond donors (Lipinski definition) is 3. The van der Waals surface area contributed by atoms with E-state index in [-0.39, 0.29) is 12.3 Å². The van der Waals surface area contributed by atoms with Crippen molar-refractivity contribution in [2.75, 3.05) is 45.3 Å². The fraction of sp³-hybridized carbons (Fsp3) is 0.500. The first-order valence-corrected chi connectivity index (χ1v) is 12.2. The van der Waals surface area contributed by atoms with Crippen LogP contribution in [0.3, 0.4) is 0 Å². The standard InChI is InChI=1S/C26H35ClN2O5/c1-18-9-11-29(12-10-18)13-14-34-25-15-21(7-8-24(25)33-2)28-26(32)23(16-22(31)17-30)19-3-5-20(27)6-4-19/h3-8,15,18,22-23,30-31H,9-14,16-17H2,1-2H3,(H,28,32). The van der Waals surface area contributed by atoms with Gasteiger partial charge in [0.1, 0.15) is 6.61 Å². The van der Waals surface area contributed by atoms with Crippen LogP contribution in [0.15, 0.2) is 42.5 Å². The van der Waals surface area contributed by atoms with Crippen LogP contribution >= 0.6 is 11.6 Å². The lowest BCUT2D eigenvalue weighted by molar-refractivity contribution is -0.118. The molecule has 1 heterocycles. The van der Waals surface area contributed by atoms with Gasteiger partial charge >= 0.3 is 0 Å². The number of anilines is 1. The summed E-state index contributed by atoms with van der Waals surface area (Å²) in [4.78, 5) is 15.6. The largest absolute Gasteiger partial charge is 0.493 e. The number of carbonyl (C=O) groups is 1. The van der Waals surface area contributed by atoms with Gasteiger partial charge in [0.2, 0.25) is 5.91 Å². The van der Waals surface area contributed by atoms with Crippen molar-refractivity contribution in [1.29, 1.82) is 0 Å². The fourth-order valence-electron chi connectivity index (χ4n) is 4.10. The molecule has 1 amide bonds. The molecule has 0 aliphatic carbocycles. The number of ether oxygens (including phenoxy) is 2. The Labute approximate surface area is 206 Å². The molecule has 3 rings (SSSR count). The molecule has 8 heteroatoms. The van der Waals surface area contributed by atoms with E-state index in [4.69, 9.17) is 21.1 Å². The van der Waals surface area contributed by atoms with Crippen molar-refractivity contribution in [3.8, 4) is 11.5 Å². The van der Waals surface area contributed by atoms with Gasteiger partial charge in [0.15, 0.2) is 11.5 Å². The molecule has 0 aromatic heterocycles. The first kappa shape index (κ1) is 26.3. The van der Waals surface area contributed by atoms with Crippen LogP contribution in [0.4, 0.5) is 5.69 Å². The molecule has 1 saturated heterocycles. The maximum Gasteiger partial charge on any atom is 0.232 e. The number of nitrogens with one attached hydrogen (secondary N) is 1. The first-order valence-electron chi connectivity index (χ1n) is 11.8. The van der Waals surface area contributed by atoms with Crippen molar-refractivity contribution in [2.45, 2.75) is 38.2 Å². The van der Waals surface area contributed by atoms with E-state index in [2.05, 4.69) is 17.1 Å². The van der Waals surface area contributed by atoms with Crippen molar-refractivity contribution < 1.29 is 24.5 Å². The molecular weight excluding hydrogens is 456 g/mol. The Morgan fingerprint density at radius 3 is 2.53 bits per heavy atom. The van der Waals surface area contributed by atoms with Crippen molar-refractivity contribution >= 4 is 23.2 Å². The summed E-state index contributed by atoms with van der Waals surface area (Å²) in [6.07, 6.45) is 1.49. The molecule has 2 aromatic rings. The minimum atomic E-state index is -1.01. The number of benzene rings is 2. The lowest BCUT2D eigenvalue weighted by atomic mass is 9.92.